The molecular weight excluding hydrogens is 325 g/mol. The van der Waals surface area contributed by atoms with Crippen LogP contribution in [0, 0.1) is 6.92 Å². The Morgan fingerprint density at radius 2 is 2.09 bits per heavy atom. The smallest absolute Gasteiger partial charge is 0.226 e. The summed E-state index contributed by atoms with van der Waals surface area (Å²) in [7, 11) is 0. The van der Waals surface area contributed by atoms with Gasteiger partial charge in [-0.15, -0.1) is 0 Å². The molecule has 0 unspecified atom stereocenters. The summed E-state index contributed by atoms with van der Waals surface area (Å²) < 4.78 is 4.87. The molecule has 0 aliphatic rings. The highest BCUT2D eigenvalue weighted by molar-refractivity contribution is 6.35. The Bertz CT molecular complexity index is 643. The van der Waals surface area contributed by atoms with Crippen molar-refractivity contribution in [3.8, 4) is 0 Å². The molecule has 0 saturated carbocycles. The first-order chi connectivity index (χ1) is 10.5. The SMILES string of the molecule is Cc1cc(NC(=O)CCNCCc2ccc(Cl)cc2Cl)no1. The van der Waals surface area contributed by atoms with Crippen LogP contribution in [0.4, 0.5) is 5.82 Å². The molecule has 1 heterocycles. The largest absolute Gasteiger partial charge is 0.360 e. The molecule has 2 N–H and O–H groups in total. The van der Waals surface area contributed by atoms with Gasteiger partial charge in [0.05, 0.1) is 0 Å². The molecular formula is C15H17Cl2N3O2. The van der Waals surface area contributed by atoms with Gasteiger partial charge in [-0.2, -0.15) is 0 Å². The van der Waals surface area contributed by atoms with E-state index < -0.39 is 0 Å². The highest BCUT2D eigenvalue weighted by Crippen LogP contribution is 2.21. The van der Waals surface area contributed by atoms with Crippen molar-refractivity contribution in [1.29, 1.82) is 0 Å². The van der Waals surface area contributed by atoms with E-state index in [1.165, 1.54) is 0 Å². The number of nitrogens with zero attached hydrogens (tertiary/aromatic N) is 1. The summed E-state index contributed by atoms with van der Waals surface area (Å²) in [5.41, 5.74) is 1.03. The lowest BCUT2D eigenvalue weighted by molar-refractivity contribution is -0.116. The van der Waals surface area contributed by atoms with Crippen molar-refractivity contribution in [1.82, 2.24) is 10.5 Å². The van der Waals surface area contributed by atoms with E-state index in [1.54, 1.807) is 19.1 Å². The Balaban J connectivity index is 1.63. The van der Waals surface area contributed by atoms with Crippen molar-refractivity contribution >= 4 is 34.9 Å². The molecule has 1 aromatic carbocycles. The number of amides is 1. The molecule has 5 nitrogen and oxygen atoms in total. The summed E-state index contributed by atoms with van der Waals surface area (Å²) in [4.78, 5) is 11.7. The van der Waals surface area contributed by atoms with E-state index in [2.05, 4.69) is 15.8 Å². The Labute approximate surface area is 139 Å². The predicted octanol–water partition coefficient (Wildman–Crippen LogP) is 3.45. The lowest BCUT2D eigenvalue weighted by atomic mass is 10.1. The molecule has 0 radical (unpaired) electrons. The van der Waals surface area contributed by atoms with Gasteiger partial charge in [-0.3, -0.25) is 4.79 Å². The quantitative estimate of drug-likeness (QED) is 0.757. The van der Waals surface area contributed by atoms with Gasteiger partial charge >= 0.3 is 0 Å². The Hall–Kier alpha value is -1.56. The van der Waals surface area contributed by atoms with Gasteiger partial charge in [0.25, 0.3) is 0 Å². The number of halogens is 2. The Morgan fingerprint density at radius 3 is 2.77 bits per heavy atom. The minimum Gasteiger partial charge on any atom is -0.360 e. The van der Waals surface area contributed by atoms with Crippen molar-refractivity contribution in [3.63, 3.8) is 0 Å². The maximum absolute atomic E-state index is 11.7. The zero-order chi connectivity index (χ0) is 15.9. The molecule has 0 spiro atoms. The van der Waals surface area contributed by atoms with Gasteiger partial charge in [-0.05, 0) is 37.6 Å². The zero-order valence-corrected chi connectivity index (χ0v) is 13.7. The summed E-state index contributed by atoms with van der Waals surface area (Å²) in [6.07, 6.45) is 1.14. The monoisotopic (exact) mass is 341 g/mol. The normalized spacial score (nSPS) is 10.7. The van der Waals surface area contributed by atoms with Crippen LogP contribution < -0.4 is 10.6 Å². The number of benzene rings is 1. The van der Waals surface area contributed by atoms with E-state index in [0.29, 0.717) is 34.6 Å². The maximum Gasteiger partial charge on any atom is 0.226 e. The van der Waals surface area contributed by atoms with E-state index >= 15 is 0 Å². The number of hydrogen-bond acceptors (Lipinski definition) is 4. The minimum atomic E-state index is -0.106. The Kier molecular flexibility index (Phi) is 6.24. The van der Waals surface area contributed by atoms with Crippen LogP contribution in [0.2, 0.25) is 10.0 Å². The molecule has 2 aromatic rings. The fraction of sp³-hybridized carbons (Fsp3) is 0.333. The van der Waals surface area contributed by atoms with Crippen molar-refractivity contribution in [3.05, 3.63) is 45.6 Å². The lowest BCUT2D eigenvalue weighted by Crippen LogP contribution is -2.23. The van der Waals surface area contributed by atoms with Crippen LogP contribution in [0.25, 0.3) is 0 Å². The van der Waals surface area contributed by atoms with Gasteiger partial charge in [0.1, 0.15) is 5.76 Å². The zero-order valence-electron chi connectivity index (χ0n) is 12.2. The average molecular weight is 342 g/mol. The van der Waals surface area contributed by atoms with Gasteiger partial charge in [0.15, 0.2) is 5.82 Å². The van der Waals surface area contributed by atoms with Crippen molar-refractivity contribution in [2.45, 2.75) is 19.8 Å². The molecule has 1 aromatic heterocycles. The molecule has 0 saturated heterocycles. The molecule has 118 valence electrons. The van der Waals surface area contributed by atoms with Crippen LogP contribution in [0.15, 0.2) is 28.8 Å². The van der Waals surface area contributed by atoms with E-state index in [0.717, 1.165) is 18.5 Å². The highest BCUT2D eigenvalue weighted by atomic mass is 35.5. The van der Waals surface area contributed by atoms with Crippen LogP contribution in [-0.4, -0.2) is 24.2 Å². The topological polar surface area (TPSA) is 67.2 Å². The summed E-state index contributed by atoms with van der Waals surface area (Å²) in [6, 6.07) is 7.13. The molecule has 0 atom stereocenters. The van der Waals surface area contributed by atoms with Crippen molar-refractivity contribution in [2.24, 2.45) is 0 Å². The first-order valence-electron chi connectivity index (χ1n) is 6.92. The van der Waals surface area contributed by atoms with Gasteiger partial charge in [-0.1, -0.05) is 34.4 Å². The van der Waals surface area contributed by atoms with Crippen LogP contribution >= 0.6 is 23.2 Å². The van der Waals surface area contributed by atoms with Gasteiger partial charge in [-0.25, -0.2) is 0 Å². The number of aromatic nitrogens is 1. The standard InChI is InChI=1S/C15H17Cl2N3O2/c1-10-8-14(20-22-10)19-15(21)5-7-18-6-4-11-2-3-12(16)9-13(11)17/h2-3,8-9,18H,4-7H2,1H3,(H,19,20,21). The number of rotatable bonds is 7. The highest BCUT2D eigenvalue weighted by Gasteiger charge is 2.06. The third-order valence-electron chi connectivity index (χ3n) is 3.01. The fourth-order valence-electron chi connectivity index (χ4n) is 1.91. The second-order valence-corrected chi connectivity index (χ2v) is 5.70. The second-order valence-electron chi connectivity index (χ2n) is 4.86. The number of carbonyl (C=O) groups is 1. The number of nitrogens with one attached hydrogen (secondary N) is 2. The van der Waals surface area contributed by atoms with Crippen LogP contribution in [0.3, 0.4) is 0 Å². The molecule has 22 heavy (non-hydrogen) atoms. The van der Waals surface area contributed by atoms with E-state index in [9.17, 15) is 4.79 Å². The summed E-state index contributed by atoms with van der Waals surface area (Å²) >= 11 is 11.9. The predicted molar refractivity (Wildman–Crippen MR) is 87.5 cm³/mol. The molecule has 7 heteroatoms. The van der Waals surface area contributed by atoms with Crippen molar-refractivity contribution in [2.75, 3.05) is 18.4 Å². The van der Waals surface area contributed by atoms with Crippen LogP contribution in [0.5, 0.6) is 0 Å². The van der Waals surface area contributed by atoms with Crippen molar-refractivity contribution < 1.29 is 9.32 Å². The number of hydrogen-bond donors (Lipinski definition) is 2. The summed E-state index contributed by atoms with van der Waals surface area (Å²) in [5.74, 6) is 0.994. The maximum atomic E-state index is 11.7. The third-order valence-corrected chi connectivity index (χ3v) is 3.60. The fourth-order valence-corrected chi connectivity index (χ4v) is 2.41. The lowest BCUT2D eigenvalue weighted by Gasteiger charge is -2.06. The molecule has 1 amide bonds. The number of aryl methyl sites for hydroxylation is 1. The van der Waals surface area contributed by atoms with Gasteiger partial charge in [0.2, 0.25) is 5.91 Å². The van der Waals surface area contributed by atoms with E-state index in [-0.39, 0.29) is 5.91 Å². The second kappa shape index (κ2) is 8.17. The van der Waals surface area contributed by atoms with E-state index in [4.69, 9.17) is 27.7 Å². The molecule has 0 aliphatic carbocycles. The average Bonchev–Trinajstić information content (AvgIpc) is 2.86. The first kappa shape index (κ1) is 16.8. The summed E-state index contributed by atoms with van der Waals surface area (Å²) in [5, 5.41) is 10.9. The molecule has 0 fully saturated rings. The first-order valence-corrected chi connectivity index (χ1v) is 7.68. The van der Waals surface area contributed by atoms with Gasteiger partial charge < -0.3 is 15.2 Å². The number of anilines is 1. The van der Waals surface area contributed by atoms with Gasteiger partial charge in [0, 0.05) is 29.1 Å². The molecule has 0 aliphatic heterocycles. The third kappa shape index (κ3) is 5.33. The summed E-state index contributed by atoms with van der Waals surface area (Å²) in [6.45, 7) is 3.08. The molecule has 2 rings (SSSR count). The number of carbonyl (C=O) groups excluding carboxylic acids is 1. The van der Waals surface area contributed by atoms with E-state index in [1.807, 2.05) is 12.1 Å². The van der Waals surface area contributed by atoms with Crippen LogP contribution in [0.1, 0.15) is 17.7 Å². The molecule has 0 bridgehead atoms. The van der Waals surface area contributed by atoms with Crippen LogP contribution in [-0.2, 0) is 11.2 Å². The Morgan fingerprint density at radius 1 is 1.27 bits per heavy atom. The minimum absolute atomic E-state index is 0.106.